The first kappa shape index (κ1) is 24.4. The third-order valence-electron chi connectivity index (χ3n) is 7.33. The Morgan fingerprint density at radius 3 is 1.82 bits per heavy atom. The number of rotatable bonds is 4. The second kappa shape index (κ2) is 12.1. The van der Waals surface area contributed by atoms with Crippen molar-refractivity contribution in [3.05, 3.63) is 29.8 Å². The van der Waals surface area contributed by atoms with E-state index < -0.39 is 0 Å². The lowest BCUT2D eigenvalue weighted by molar-refractivity contribution is 0.0761. The van der Waals surface area contributed by atoms with Crippen LogP contribution in [0.4, 0.5) is 15.3 Å². The second-order valence-electron chi connectivity index (χ2n) is 9.93. The number of nitrogens with one attached hydrogen (secondary N) is 3. The quantitative estimate of drug-likeness (QED) is 0.613. The third-order valence-corrected chi connectivity index (χ3v) is 7.33. The molecular formula is C26H39N5O3. The van der Waals surface area contributed by atoms with Gasteiger partial charge in [0.2, 0.25) is 0 Å². The minimum absolute atomic E-state index is 0.0712. The Kier molecular flexibility index (Phi) is 8.66. The lowest BCUT2D eigenvalue weighted by Crippen LogP contribution is -2.51. The number of carbonyl (C=O) groups is 3. The van der Waals surface area contributed by atoms with Gasteiger partial charge >= 0.3 is 12.1 Å². The number of hydrogen-bond donors (Lipinski definition) is 3. The van der Waals surface area contributed by atoms with Crippen molar-refractivity contribution in [1.82, 2.24) is 20.4 Å². The van der Waals surface area contributed by atoms with Gasteiger partial charge in [0.25, 0.3) is 5.91 Å². The predicted molar refractivity (Wildman–Crippen MR) is 133 cm³/mol. The van der Waals surface area contributed by atoms with Gasteiger partial charge in [0.15, 0.2) is 0 Å². The minimum atomic E-state index is -0.142. The van der Waals surface area contributed by atoms with Gasteiger partial charge in [-0.2, -0.15) is 0 Å². The van der Waals surface area contributed by atoms with Gasteiger partial charge in [0.1, 0.15) is 0 Å². The lowest BCUT2D eigenvalue weighted by atomic mass is 9.96. The van der Waals surface area contributed by atoms with Crippen molar-refractivity contribution in [2.45, 2.75) is 82.7 Å². The molecule has 1 aliphatic carbocycles. The summed E-state index contributed by atoms with van der Waals surface area (Å²) in [6.07, 6.45) is 11.8. The van der Waals surface area contributed by atoms with E-state index in [4.69, 9.17) is 0 Å². The molecule has 1 aromatic rings. The van der Waals surface area contributed by atoms with Crippen molar-refractivity contribution in [1.29, 1.82) is 0 Å². The van der Waals surface area contributed by atoms with E-state index in [2.05, 4.69) is 16.0 Å². The fourth-order valence-corrected chi connectivity index (χ4v) is 5.24. The Morgan fingerprint density at radius 2 is 1.21 bits per heavy atom. The molecule has 186 valence electrons. The second-order valence-corrected chi connectivity index (χ2v) is 9.93. The highest BCUT2D eigenvalue weighted by Crippen LogP contribution is 2.19. The number of benzene rings is 1. The normalized spacial score (nSPS) is 20.4. The Bertz CT molecular complexity index is 821. The molecule has 0 bridgehead atoms. The first-order valence-electron chi connectivity index (χ1n) is 13.1. The van der Waals surface area contributed by atoms with Crippen LogP contribution in [0.25, 0.3) is 0 Å². The summed E-state index contributed by atoms with van der Waals surface area (Å²) in [7, 11) is 0. The van der Waals surface area contributed by atoms with Gasteiger partial charge in [0, 0.05) is 49.5 Å². The van der Waals surface area contributed by atoms with Crippen LogP contribution in [0.15, 0.2) is 24.3 Å². The van der Waals surface area contributed by atoms with Crippen molar-refractivity contribution in [3.63, 3.8) is 0 Å². The molecule has 2 saturated heterocycles. The molecule has 8 heteroatoms. The summed E-state index contributed by atoms with van der Waals surface area (Å²) in [5, 5.41) is 9.12. The Hall–Kier alpha value is -2.77. The number of urea groups is 2. The molecule has 0 aromatic heterocycles. The van der Waals surface area contributed by atoms with Crippen LogP contribution in [0, 0.1) is 0 Å². The minimum Gasteiger partial charge on any atom is -0.339 e. The summed E-state index contributed by atoms with van der Waals surface area (Å²) in [6.45, 7) is 2.85. The number of carbonyl (C=O) groups excluding carboxylic acids is 3. The number of anilines is 1. The molecule has 34 heavy (non-hydrogen) atoms. The molecule has 1 aromatic carbocycles. The largest absolute Gasteiger partial charge is 0.339 e. The molecule has 5 amide bonds. The van der Waals surface area contributed by atoms with Gasteiger partial charge in [-0.25, -0.2) is 9.59 Å². The van der Waals surface area contributed by atoms with E-state index in [9.17, 15) is 14.4 Å². The van der Waals surface area contributed by atoms with Crippen LogP contribution < -0.4 is 16.0 Å². The number of nitrogens with zero attached hydrogens (tertiary/aromatic N) is 2. The van der Waals surface area contributed by atoms with Crippen LogP contribution in [0.1, 0.15) is 81.0 Å². The molecule has 0 unspecified atom stereocenters. The highest BCUT2D eigenvalue weighted by molar-refractivity contribution is 5.95. The van der Waals surface area contributed by atoms with Crippen molar-refractivity contribution in [2.24, 2.45) is 0 Å². The SMILES string of the molecule is O=C(NC1CCCCC1)NC1CCN(C(=O)Nc2ccc(C(=O)N3CCCCCC3)cc2)CC1. The predicted octanol–water partition coefficient (Wildman–Crippen LogP) is 4.33. The maximum absolute atomic E-state index is 12.7. The number of likely N-dealkylation sites (tertiary alicyclic amines) is 2. The zero-order valence-electron chi connectivity index (χ0n) is 20.2. The molecule has 1 saturated carbocycles. The highest BCUT2D eigenvalue weighted by Gasteiger charge is 2.25. The fourth-order valence-electron chi connectivity index (χ4n) is 5.24. The van der Waals surface area contributed by atoms with Crippen LogP contribution in [-0.4, -0.2) is 66.0 Å². The van der Waals surface area contributed by atoms with Gasteiger partial charge in [-0.05, 0) is 62.8 Å². The van der Waals surface area contributed by atoms with Gasteiger partial charge < -0.3 is 25.8 Å². The summed E-state index contributed by atoms with van der Waals surface area (Å²) in [6, 6.07) is 7.36. The molecule has 0 atom stereocenters. The zero-order chi connectivity index (χ0) is 23.8. The number of piperidine rings is 1. The van der Waals surface area contributed by atoms with E-state index in [1.54, 1.807) is 29.2 Å². The van der Waals surface area contributed by atoms with E-state index in [1.165, 1.54) is 32.1 Å². The van der Waals surface area contributed by atoms with E-state index >= 15 is 0 Å². The van der Waals surface area contributed by atoms with Crippen LogP contribution in [0.2, 0.25) is 0 Å². The Labute approximate surface area is 202 Å². The molecule has 2 heterocycles. The molecule has 0 spiro atoms. The summed E-state index contributed by atoms with van der Waals surface area (Å²) in [5.74, 6) is 0.0712. The van der Waals surface area contributed by atoms with Crippen LogP contribution in [-0.2, 0) is 0 Å². The summed E-state index contributed by atoms with van der Waals surface area (Å²) in [4.78, 5) is 41.5. The summed E-state index contributed by atoms with van der Waals surface area (Å²) < 4.78 is 0. The topological polar surface area (TPSA) is 93.8 Å². The molecular weight excluding hydrogens is 430 g/mol. The molecule has 3 N–H and O–H groups in total. The van der Waals surface area contributed by atoms with E-state index in [1.807, 2.05) is 4.90 Å². The Balaban J connectivity index is 1.19. The maximum atomic E-state index is 12.7. The molecule has 3 fully saturated rings. The van der Waals surface area contributed by atoms with E-state index in [-0.39, 0.29) is 24.0 Å². The van der Waals surface area contributed by atoms with Crippen molar-refractivity contribution < 1.29 is 14.4 Å². The average Bonchev–Trinajstić information content (AvgIpc) is 3.15. The Morgan fingerprint density at radius 1 is 0.647 bits per heavy atom. The van der Waals surface area contributed by atoms with Gasteiger partial charge in [-0.3, -0.25) is 4.79 Å². The number of amides is 5. The van der Waals surface area contributed by atoms with Crippen LogP contribution in [0.3, 0.4) is 0 Å². The third kappa shape index (κ3) is 6.87. The molecule has 2 aliphatic heterocycles. The van der Waals surface area contributed by atoms with Crippen LogP contribution in [0.5, 0.6) is 0 Å². The lowest BCUT2D eigenvalue weighted by Gasteiger charge is -2.33. The van der Waals surface area contributed by atoms with Gasteiger partial charge in [-0.1, -0.05) is 32.1 Å². The van der Waals surface area contributed by atoms with E-state index in [0.717, 1.165) is 51.6 Å². The molecule has 0 radical (unpaired) electrons. The molecule has 8 nitrogen and oxygen atoms in total. The summed E-state index contributed by atoms with van der Waals surface area (Å²) in [5.41, 5.74) is 1.35. The maximum Gasteiger partial charge on any atom is 0.321 e. The van der Waals surface area contributed by atoms with Crippen molar-refractivity contribution >= 4 is 23.7 Å². The zero-order valence-corrected chi connectivity index (χ0v) is 20.2. The smallest absolute Gasteiger partial charge is 0.321 e. The monoisotopic (exact) mass is 469 g/mol. The summed E-state index contributed by atoms with van der Waals surface area (Å²) >= 11 is 0. The first-order chi connectivity index (χ1) is 16.6. The van der Waals surface area contributed by atoms with Crippen molar-refractivity contribution in [2.75, 3.05) is 31.5 Å². The molecule has 3 aliphatic rings. The van der Waals surface area contributed by atoms with Gasteiger partial charge in [0.05, 0.1) is 0 Å². The standard InChI is InChI=1S/C26H39N5O3/c32-24(30-16-6-1-2-7-17-30)20-10-12-22(13-11-20)29-26(34)31-18-14-23(15-19-31)28-25(33)27-21-8-4-3-5-9-21/h10-13,21,23H,1-9,14-19H2,(H,29,34)(H2,27,28,33). The molecule has 4 rings (SSSR count). The van der Waals surface area contributed by atoms with Gasteiger partial charge in [-0.15, -0.1) is 0 Å². The van der Waals surface area contributed by atoms with Crippen molar-refractivity contribution in [3.8, 4) is 0 Å². The van der Waals surface area contributed by atoms with E-state index in [0.29, 0.717) is 30.4 Å². The number of hydrogen-bond acceptors (Lipinski definition) is 3. The highest BCUT2D eigenvalue weighted by atomic mass is 16.2. The van der Waals surface area contributed by atoms with Crippen LogP contribution >= 0.6 is 0 Å². The fraction of sp³-hybridized carbons (Fsp3) is 0.654. The average molecular weight is 470 g/mol. The first-order valence-corrected chi connectivity index (χ1v) is 13.1.